The van der Waals surface area contributed by atoms with Crippen LogP contribution in [0, 0.1) is 5.41 Å². The zero-order valence-corrected chi connectivity index (χ0v) is 6.48. The third-order valence-electron chi connectivity index (χ3n) is 2.45. The van der Waals surface area contributed by atoms with Crippen molar-refractivity contribution in [2.45, 2.75) is 39.5 Å². The van der Waals surface area contributed by atoms with E-state index in [0.29, 0.717) is 5.41 Å². The van der Waals surface area contributed by atoms with Crippen molar-refractivity contribution < 1.29 is 0 Å². The average molecular weight is 124 g/mol. The van der Waals surface area contributed by atoms with Gasteiger partial charge in [0.1, 0.15) is 0 Å². The first-order valence-corrected chi connectivity index (χ1v) is 4.01. The molecule has 0 heteroatoms. The van der Waals surface area contributed by atoms with Crippen LogP contribution in [0.25, 0.3) is 0 Å². The van der Waals surface area contributed by atoms with E-state index in [4.69, 9.17) is 0 Å². The lowest BCUT2D eigenvalue weighted by Crippen LogP contribution is -2.21. The fraction of sp³-hybridized carbons (Fsp3) is 0.778. The second-order valence-corrected chi connectivity index (χ2v) is 3.07. The smallest absolute Gasteiger partial charge is 0.00865 e. The summed E-state index contributed by atoms with van der Waals surface area (Å²) in [5.41, 5.74) is 0.634. The summed E-state index contributed by atoms with van der Waals surface area (Å²) in [5.74, 6) is 0. The van der Waals surface area contributed by atoms with Gasteiger partial charge < -0.3 is 0 Å². The predicted molar refractivity (Wildman–Crippen MR) is 41.4 cm³/mol. The Balaban J connectivity index is 2.39. The van der Waals surface area contributed by atoms with Gasteiger partial charge >= 0.3 is 0 Å². The highest BCUT2D eigenvalue weighted by Crippen LogP contribution is 2.40. The van der Waals surface area contributed by atoms with Crippen molar-refractivity contribution in [1.82, 2.24) is 0 Å². The minimum atomic E-state index is 0.634. The van der Waals surface area contributed by atoms with Crippen molar-refractivity contribution in [2.75, 3.05) is 0 Å². The zero-order chi connectivity index (χ0) is 6.74. The molecule has 0 aromatic heterocycles. The molecule has 1 atom stereocenters. The van der Waals surface area contributed by atoms with E-state index >= 15 is 0 Å². The Bertz CT molecular complexity index is 113. The number of hydrogen-bond acceptors (Lipinski definition) is 0. The van der Waals surface area contributed by atoms with E-state index in [1.165, 1.54) is 25.7 Å². The molecule has 1 aliphatic carbocycles. The highest BCUT2D eigenvalue weighted by Gasteiger charge is 2.27. The maximum atomic E-state index is 2.39. The van der Waals surface area contributed by atoms with Crippen LogP contribution in [0.2, 0.25) is 0 Å². The van der Waals surface area contributed by atoms with E-state index in [2.05, 4.69) is 26.0 Å². The third kappa shape index (κ3) is 1.17. The Kier molecular flexibility index (Phi) is 1.94. The monoisotopic (exact) mass is 124 g/mol. The molecule has 0 N–H and O–H groups in total. The second kappa shape index (κ2) is 2.55. The molecule has 9 heavy (non-hydrogen) atoms. The molecule has 0 amide bonds. The number of hydrogen-bond donors (Lipinski definition) is 0. The molecule has 0 aromatic carbocycles. The molecule has 0 spiro atoms. The summed E-state index contributed by atoms with van der Waals surface area (Å²) in [4.78, 5) is 0. The standard InChI is InChI=1S/C9H16/c1-3-6-9(4-2)7-5-8-9/h5,7H,3-4,6,8H2,1-2H3. The van der Waals surface area contributed by atoms with Gasteiger partial charge in [-0.3, -0.25) is 0 Å². The van der Waals surface area contributed by atoms with Gasteiger partial charge in [-0.15, -0.1) is 0 Å². The molecule has 0 saturated carbocycles. The molecular formula is C9H16. The van der Waals surface area contributed by atoms with Crippen molar-refractivity contribution in [3.8, 4) is 0 Å². The lowest BCUT2D eigenvalue weighted by molar-refractivity contribution is 0.305. The molecule has 52 valence electrons. The maximum absolute atomic E-state index is 2.39. The van der Waals surface area contributed by atoms with Gasteiger partial charge in [-0.1, -0.05) is 32.4 Å². The van der Waals surface area contributed by atoms with Crippen LogP contribution in [0.4, 0.5) is 0 Å². The quantitative estimate of drug-likeness (QED) is 0.507. The normalized spacial score (nSPS) is 32.2. The second-order valence-electron chi connectivity index (χ2n) is 3.07. The summed E-state index contributed by atoms with van der Waals surface area (Å²) in [6.45, 7) is 4.56. The van der Waals surface area contributed by atoms with Crippen molar-refractivity contribution >= 4 is 0 Å². The summed E-state index contributed by atoms with van der Waals surface area (Å²) in [6.07, 6.45) is 10.1. The molecule has 0 bridgehead atoms. The van der Waals surface area contributed by atoms with Crippen molar-refractivity contribution in [3.63, 3.8) is 0 Å². The fourth-order valence-corrected chi connectivity index (χ4v) is 1.57. The van der Waals surface area contributed by atoms with Crippen LogP contribution in [0.5, 0.6) is 0 Å². The molecule has 0 nitrogen and oxygen atoms in total. The molecule has 0 aromatic rings. The highest BCUT2D eigenvalue weighted by molar-refractivity contribution is 5.11. The summed E-state index contributed by atoms with van der Waals surface area (Å²) in [5, 5.41) is 0. The molecule has 0 aliphatic heterocycles. The first kappa shape index (κ1) is 6.85. The Labute approximate surface area is 58.0 Å². The fourth-order valence-electron chi connectivity index (χ4n) is 1.57. The minimum Gasteiger partial charge on any atom is -0.0871 e. The summed E-state index contributed by atoms with van der Waals surface area (Å²) in [7, 11) is 0. The van der Waals surface area contributed by atoms with Gasteiger partial charge in [-0.25, -0.2) is 0 Å². The molecule has 0 saturated heterocycles. The largest absolute Gasteiger partial charge is 0.0871 e. The van der Waals surface area contributed by atoms with Crippen molar-refractivity contribution in [1.29, 1.82) is 0 Å². The van der Waals surface area contributed by atoms with Crippen molar-refractivity contribution in [2.24, 2.45) is 5.41 Å². The molecule has 0 radical (unpaired) electrons. The molecular weight excluding hydrogens is 108 g/mol. The lowest BCUT2D eigenvalue weighted by Gasteiger charge is -2.34. The van der Waals surface area contributed by atoms with E-state index in [-0.39, 0.29) is 0 Å². The van der Waals surface area contributed by atoms with Gasteiger partial charge in [0.15, 0.2) is 0 Å². The van der Waals surface area contributed by atoms with E-state index in [1.807, 2.05) is 0 Å². The Morgan fingerprint density at radius 3 is 2.22 bits per heavy atom. The summed E-state index contributed by atoms with van der Waals surface area (Å²) >= 11 is 0. The van der Waals surface area contributed by atoms with Gasteiger partial charge in [0.25, 0.3) is 0 Å². The Hall–Kier alpha value is -0.260. The zero-order valence-electron chi connectivity index (χ0n) is 6.48. The first-order valence-electron chi connectivity index (χ1n) is 4.01. The van der Waals surface area contributed by atoms with Crippen LogP contribution in [0.3, 0.4) is 0 Å². The molecule has 1 unspecified atom stereocenters. The van der Waals surface area contributed by atoms with E-state index in [0.717, 1.165) is 0 Å². The summed E-state index contributed by atoms with van der Waals surface area (Å²) < 4.78 is 0. The maximum Gasteiger partial charge on any atom is -0.00865 e. The minimum absolute atomic E-state index is 0.634. The highest BCUT2D eigenvalue weighted by atomic mass is 14.3. The van der Waals surface area contributed by atoms with Gasteiger partial charge in [-0.05, 0) is 24.7 Å². The van der Waals surface area contributed by atoms with Crippen LogP contribution in [-0.2, 0) is 0 Å². The topological polar surface area (TPSA) is 0 Å². The van der Waals surface area contributed by atoms with Crippen LogP contribution in [0.15, 0.2) is 12.2 Å². The summed E-state index contributed by atoms with van der Waals surface area (Å²) in [6, 6.07) is 0. The van der Waals surface area contributed by atoms with Crippen LogP contribution in [0.1, 0.15) is 39.5 Å². The van der Waals surface area contributed by atoms with Crippen LogP contribution in [-0.4, -0.2) is 0 Å². The third-order valence-corrected chi connectivity index (χ3v) is 2.45. The Morgan fingerprint density at radius 1 is 1.44 bits per heavy atom. The van der Waals surface area contributed by atoms with Gasteiger partial charge in [0.05, 0.1) is 0 Å². The predicted octanol–water partition coefficient (Wildman–Crippen LogP) is 3.14. The van der Waals surface area contributed by atoms with E-state index in [9.17, 15) is 0 Å². The number of rotatable bonds is 3. The van der Waals surface area contributed by atoms with Gasteiger partial charge in [-0.2, -0.15) is 0 Å². The van der Waals surface area contributed by atoms with Crippen LogP contribution < -0.4 is 0 Å². The lowest BCUT2D eigenvalue weighted by atomic mass is 9.71. The molecule has 0 heterocycles. The molecule has 1 rings (SSSR count). The molecule has 0 fully saturated rings. The Morgan fingerprint density at radius 2 is 2.11 bits per heavy atom. The van der Waals surface area contributed by atoms with E-state index in [1.54, 1.807) is 0 Å². The van der Waals surface area contributed by atoms with E-state index < -0.39 is 0 Å². The van der Waals surface area contributed by atoms with Crippen molar-refractivity contribution in [3.05, 3.63) is 12.2 Å². The number of allylic oxidation sites excluding steroid dienone is 2. The average Bonchev–Trinajstić information content (AvgIpc) is 1.79. The SMILES string of the molecule is CCCC1(CC)C=CC1. The van der Waals surface area contributed by atoms with Crippen LogP contribution >= 0.6 is 0 Å². The van der Waals surface area contributed by atoms with Gasteiger partial charge in [0.2, 0.25) is 0 Å². The first-order chi connectivity index (χ1) is 4.33. The van der Waals surface area contributed by atoms with Gasteiger partial charge in [0, 0.05) is 0 Å². The molecule has 1 aliphatic rings.